The molecule has 3 atom stereocenters. The van der Waals surface area contributed by atoms with E-state index in [9.17, 15) is 0 Å². The van der Waals surface area contributed by atoms with Crippen molar-refractivity contribution in [3.63, 3.8) is 0 Å². The number of morpholine rings is 1. The first-order chi connectivity index (χ1) is 10.3. The van der Waals surface area contributed by atoms with Gasteiger partial charge in [0.1, 0.15) is 0 Å². The van der Waals surface area contributed by atoms with Crippen molar-refractivity contribution in [2.45, 2.75) is 51.2 Å². The van der Waals surface area contributed by atoms with E-state index < -0.39 is 0 Å². The Morgan fingerprint density at radius 2 is 2.14 bits per heavy atom. The van der Waals surface area contributed by atoms with E-state index in [2.05, 4.69) is 48.3 Å². The number of nitrogens with zero attached hydrogens (tertiary/aromatic N) is 1. The summed E-state index contributed by atoms with van der Waals surface area (Å²) in [6, 6.07) is 10.6. The summed E-state index contributed by atoms with van der Waals surface area (Å²) in [4.78, 5) is 2.71. The fourth-order valence-corrected chi connectivity index (χ4v) is 3.89. The monoisotopic (exact) mass is 288 g/mol. The van der Waals surface area contributed by atoms with Crippen LogP contribution in [0.4, 0.5) is 0 Å². The summed E-state index contributed by atoms with van der Waals surface area (Å²) in [5.41, 5.74) is 3.04. The highest BCUT2D eigenvalue weighted by molar-refractivity contribution is 5.37. The zero-order chi connectivity index (χ0) is 14.7. The number of hydrogen-bond donors (Lipinski definition) is 1. The van der Waals surface area contributed by atoms with Gasteiger partial charge in [-0.25, -0.2) is 0 Å². The highest BCUT2D eigenvalue weighted by Crippen LogP contribution is 2.36. The lowest BCUT2D eigenvalue weighted by molar-refractivity contribution is -0.0352. The lowest BCUT2D eigenvalue weighted by atomic mass is 10.0. The van der Waals surface area contributed by atoms with Gasteiger partial charge in [0.15, 0.2) is 0 Å². The summed E-state index contributed by atoms with van der Waals surface area (Å²) >= 11 is 0. The molecule has 3 heteroatoms. The lowest BCUT2D eigenvalue weighted by Gasteiger charge is -2.42. The molecule has 0 aromatic heterocycles. The van der Waals surface area contributed by atoms with Gasteiger partial charge in [-0.05, 0) is 36.9 Å². The van der Waals surface area contributed by atoms with E-state index in [0.717, 1.165) is 26.3 Å². The predicted molar refractivity (Wildman–Crippen MR) is 86.6 cm³/mol. The third-order valence-corrected chi connectivity index (χ3v) is 4.99. The highest BCUT2D eigenvalue weighted by Gasteiger charge is 2.39. The first kappa shape index (κ1) is 15.0. The Morgan fingerprint density at radius 3 is 2.95 bits per heavy atom. The van der Waals surface area contributed by atoms with E-state index in [1.54, 1.807) is 0 Å². The molecule has 0 amide bonds. The Hall–Kier alpha value is -0.900. The van der Waals surface area contributed by atoms with Crippen LogP contribution in [-0.2, 0) is 11.2 Å². The highest BCUT2D eigenvalue weighted by atomic mass is 16.5. The summed E-state index contributed by atoms with van der Waals surface area (Å²) in [6.07, 6.45) is 3.53. The van der Waals surface area contributed by atoms with E-state index in [0.29, 0.717) is 18.1 Å². The quantitative estimate of drug-likeness (QED) is 0.901. The van der Waals surface area contributed by atoms with Gasteiger partial charge in [-0.2, -0.15) is 0 Å². The normalized spacial score (nSPS) is 29.5. The molecule has 1 heterocycles. The van der Waals surface area contributed by atoms with Gasteiger partial charge in [-0.15, -0.1) is 0 Å². The van der Waals surface area contributed by atoms with Gasteiger partial charge in [-0.3, -0.25) is 4.90 Å². The molecular formula is C18H28N2O. The van der Waals surface area contributed by atoms with Crippen LogP contribution in [0.2, 0.25) is 0 Å². The number of hydrogen-bond acceptors (Lipinski definition) is 3. The molecule has 0 bridgehead atoms. The summed E-state index contributed by atoms with van der Waals surface area (Å²) in [5, 5.41) is 3.80. The lowest BCUT2D eigenvalue weighted by Crippen LogP contribution is -2.53. The standard InChI is InChI=1S/C18H28N2O/c1-3-9-19-18-16-8-6-5-7-14(16)12-17(18)20-10-11-21-13-15(20)4-2/h5-8,15,17-19H,3-4,9-13H2,1-2H3. The molecule has 1 saturated heterocycles. The summed E-state index contributed by atoms with van der Waals surface area (Å²) in [5.74, 6) is 0. The number of benzene rings is 1. The number of ether oxygens (including phenoxy) is 1. The summed E-state index contributed by atoms with van der Waals surface area (Å²) in [6.45, 7) is 8.46. The van der Waals surface area contributed by atoms with Gasteiger partial charge in [0.05, 0.1) is 13.2 Å². The van der Waals surface area contributed by atoms with E-state index in [4.69, 9.17) is 4.74 Å². The fraction of sp³-hybridized carbons (Fsp3) is 0.667. The van der Waals surface area contributed by atoms with Crippen molar-refractivity contribution >= 4 is 0 Å². The summed E-state index contributed by atoms with van der Waals surface area (Å²) < 4.78 is 5.69. The van der Waals surface area contributed by atoms with Crippen LogP contribution < -0.4 is 5.32 Å². The largest absolute Gasteiger partial charge is 0.378 e. The molecule has 3 nitrogen and oxygen atoms in total. The smallest absolute Gasteiger partial charge is 0.0622 e. The van der Waals surface area contributed by atoms with Crippen LogP contribution in [0.3, 0.4) is 0 Å². The second kappa shape index (κ2) is 6.91. The minimum Gasteiger partial charge on any atom is -0.378 e. The Kier molecular flexibility index (Phi) is 4.94. The number of fused-ring (bicyclic) bond motifs is 1. The maximum Gasteiger partial charge on any atom is 0.0622 e. The second-order valence-corrected chi connectivity index (χ2v) is 6.28. The van der Waals surface area contributed by atoms with Crippen LogP contribution in [0.25, 0.3) is 0 Å². The van der Waals surface area contributed by atoms with Crippen LogP contribution in [0.1, 0.15) is 43.9 Å². The van der Waals surface area contributed by atoms with Crippen LogP contribution in [-0.4, -0.2) is 43.3 Å². The van der Waals surface area contributed by atoms with Gasteiger partial charge >= 0.3 is 0 Å². The third-order valence-electron chi connectivity index (χ3n) is 4.99. The molecule has 0 spiro atoms. The first-order valence-corrected chi connectivity index (χ1v) is 8.49. The van der Waals surface area contributed by atoms with Gasteiger partial charge in [0.25, 0.3) is 0 Å². The van der Waals surface area contributed by atoms with Crippen molar-refractivity contribution in [3.05, 3.63) is 35.4 Å². The molecule has 1 aliphatic heterocycles. The summed E-state index contributed by atoms with van der Waals surface area (Å²) in [7, 11) is 0. The van der Waals surface area contributed by atoms with Crippen molar-refractivity contribution in [2.75, 3.05) is 26.3 Å². The topological polar surface area (TPSA) is 24.5 Å². The second-order valence-electron chi connectivity index (χ2n) is 6.28. The van der Waals surface area contributed by atoms with Crippen molar-refractivity contribution < 1.29 is 4.74 Å². The number of nitrogens with one attached hydrogen (secondary N) is 1. The molecule has 3 unspecified atom stereocenters. The molecule has 3 rings (SSSR count). The fourth-order valence-electron chi connectivity index (χ4n) is 3.89. The molecular weight excluding hydrogens is 260 g/mol. The molecule has 1 N–H and O–H groups in total. The third kappa shape index (κ3) is 3.01. The Bertz CT molecular complexity index is 462. The number of rotatable bonds is 5. The zero-order valence-electron chi connectivity index (χ0n) is 13.3. The van der Waals surface area contributed by atoms with Crippen molar-refractivity contribution in [1.82, 2.24) is 10.2 Å². The van der Waals surface area contributed by atoms with E-state index >= 15 is 0 Å². The van der Waals surface area contributed by atoms with Crippen LogP contribution in [0, 0.1) is 0 Å². The molecule has 0 radical (unpaired) electrons. The molecule has 2 aliphatic rings. The minimum absolute atomic E-state index is 0.480. The van der Waals surface area contributed by atoms with E-state index in [1.165, 1.54) is 30.4 Å². The maximum absolute atomic E-state index is 5.69. The van der Waals surface area contributed by atoms with Gasteiger partial charge in [0.2, 0.25) is 0 Å². The molecule has 1 aromatic carbocycles. The molecule has 116 valence electrons. The Labute approximate surface area is 128 Å². The molecule has 1 aromatic rings. The molecule has 1 fully saturated rings. The molecule has 21 heavy (non-hydrogen) atoms. The van der Waals surface area contributed by atoms with Crippen molar-refractivity contribution in [1.29, 1.82) is 0 Å². The minimum atomic E-state index is 0.480. The van der Waals surface area contributed by atoms with Crippen LogP contribution >= 0.6 is 0 Å². The van der Waals surface area contributed by atoms with Crippen molar-refractivity contribution in [3.8, 4) is 0 Å². The SMILES string of the molecule is CCCNC1c2ccccc2CC1N1CCOCC1CC. The first-order valence-electron chi connectivity index (χ1n) is 8.49. The van der Waals surface area contributed by atoms with Gasteiger partial charge < -0.3 is 10.1 Å². The average molecular weight is 288 g/mol. The Morgan fingerprint density at radius 1 is 1.29 bits per heavy atom. The van der Waals surface area contributed by atoms with Gasteiger partial charge in [0, 0.05) is 24.7 Å². The predicted octanol–water partition coefficient (Wildman–Crippen LogP) is 2.76. The van der Waals surface area contributed by atoms with Crippen molar-refractivity contribution in [2.24, 2.45) is 0 Å². The van der Waals surface area contributed by atoms with E-state index in [-0.39, 0.29) is 0 Å². The molecule has 0 saturated carbocycles. The zero-order valence-corrected chi connectivity index (χ0v) is 13.3. The van der Waals surface area contributed by atoms with Crippen LogP contribution in [0.5, 0.6) is 0 Å². The van der Waals surface area contributed by atoms with Gasteiger partial charge in [-0.1, -0.05) is 38.1 Å². The van der Waals surface area contributed by atoms with E-state index in [1.807, 2.05) is 0 Å². The van der Waals surface area contributed by atoms with Crippen LogP contribution in [0.15, 0.2) is 24.3 Å². The maximum atomic E-state index is 5.69. The Balaban J connectivity index is 1.83. The average Bonchev–Trinajstić information content (AvgIpc) is 2.91. The molecule has 1 aliphatic carbocycles.